The van der Waals surface area contributed by atoms with Gasteiger partial charge in [0.05, 0.1) is 11.5 Å². The summed E-state index contributed by atoms with van der Waals surface area (Å²) in [5.41, 5.74) is 7.28. The number of aryl methyl sites for hydroxylation is 1. The zero-order chi connectivity index (χ0) is 13.9. The second-order valence-electron chi connectivity index (χ2n) is 5.28. The molecule has 1 unspecified atom stereocenters. The molecule has 1 aromatic rings. The Hall–Kier alpha value is -1.07. The summed E-state index contributed by atoms with van der Waals surface area (Å²) in [7, 11) is -2.82. The molecule has 0 radical (unpaired) electrons. The van der Waals surface area contributed by atoms with E-state index in [0.717, 1.165) is 5.75 Å². The smallest absolute Gasteiger partial charge is 0.150 e. The standard InChI is InChI=1S/C14H21NO3S/c1-11-2-4-13(5-3-11)18-10-14(15)12-6-8-19(16,17)9-7-12/h2-5,12,14H,6-10,15H2,1H3. The Bertz CT molecular complexity index is 496. The minimum absolute atomic E-state index is 0.100. The summed E-state index contributed by atoms with van der Waals surface area (Å²) in [4.78, 5) is 0. The summed E-state index contributed by atoms with van der Waals surface area (Å²) in [5.74, 6) is 1.57. The average molecular weight is 283 g/mol. The van der Waals surface area contributed by atoms with Crippen LogP contribution in [0.2, 0.25) is 0 Å². The van der Waals surface area contributed by atoms with Crippen LogP contribution in [0.1, 0.15) is 18.4 Å². The number of benzene rings is 1. The third kappa shape index (κ3) is 4.21. The van der Waals surface area contributed by atoms with Crippen molar-refractivity contribution >= 4 is 9.84 Å². The molecular weight excluding hydrogens is 262 g/mol. The van der Waals surface area contributed by atoms with Gasteiger partial charge in [0.1, 0.15) is 22.2 Å². The molecule has 0 aliphatic carbocycles. The van der Waals surface area contributed by atoms with Gasteiger partial charge in [-0.15, -0.1) is 0 Å². The maximum Gasteiger partial charge on any atom is 0.150 e. The van der Waals surface area contributed by atoms with Crippen molar-refractivity contribution in [3.8, 4) is 5.75 Å². The minimum Gasteiger partial charge on any atom is -0.492 e. The molecule has 1 aliphatic rings. The van der Waals surface area contributed by atoms with Crippen LogP contribution >= 0.6 is 0 Å². The number of hydrogen-bond acceptors (Lipinski definition) is 4. The van der Waals surface area contributed by atoms with Crippen molar-refractivity contribution in [3.05, 3.63) is 29.8 Å². The lowest BCUT2D eigenvalue weighted by molar-refractivity contribution is 0.237. The third-order valence-corrected chi connectivity index (χ3v) is 5.38. The summed E-state index contributed by atoms with van der Waals surface area (Å²) in [6.07, 6.45) is 1.31. The molecule has 19 heavy (non-hydrogen) atoms. The van der Waals surface area contributed by atoms with Crippen LogP contribution in [0.4, 0.5) is 0 Å². The monoisotopic (exact) mass is 283 g/mol. The molecule has 1 heterocycles. The van der Waals surface area contributed by atoms with E-state index in [1.807, 2.05) is 31.2 Å². The van der Waals surface area contributed by atoms with Crippen molar-refractivity contribution in [3.63, 3.8) is 0 Å². The predicted molar refractivity (Wildman–Crippen MR) is 76.0 cm³/mol. The Kier molecular flexibility index (Phi) is 4.47. The van der Waals surface area contributed by atoms with Gasteiger partial charge in [0.25, 0.3) is 0 Å². The summed E-state index contributed by atoms with van der Waals surface area (Å²) < 4.78 is 28.4. The van der Waals surface area contributed by atoms with Crippen molar-refractivity contribution in [2.45, 2.75) is 25.8 Å². The van der Waals surface area contributed by atoms with Gasteiger partial charge in [-0.05, 0) is 37.8 Å². The molecule has 1 aromatic carbocycles. The Balaban J connectivity index is 1.81. The van der Waals surface area contributed by atoms with E-state index in [0.29, 0.717) is 19.4 Å². The SMILES string of the molecule is Cc1ccc(OCC(N)C2CCS(=O)(=O)CC2)cc1. The summed E-state index contributed by atoms with van der Waals surface area (Å²) >= 11 is 0. The zero-order valence-corrected chi connectivity index (χ0v) is 12.0. The highest BCUT2D eigenvalue weighted by atomic mass is 32.2. The van der Waals surface area contributed by atoms with Crippen molar-refractivity contribution in [1.29, 1.82) is 0 Å². The van der Waals surface area contributed by atoms with E-state index < -0.39 is 9.84 Å². The quantitative estimate of drug-likeness (QED) is 0.909. The molecule has 0 amide bonds. The molecule has 0 spiro atoms. The molecule has 1 atom stereocenters. The van der Waals surface area contributed by atoms with Gasteiger partial charge in [0.2, 0.25) is 0 Å². The van der Waals surface area contributed by atoms with Crippen molar-refractivity contribution in [1.82, 2.24) is 0 Å². The largest absolute Gasteiger partial charge is 0.492 e. The number of ether oxygens (including phenoxy) is 1. The van der Waals surface area contributed by atoms with E-state index in [4.69, 9.17) is 10.5 Å². The molecule has 0 saturated carbocycles. The van der Waals surface area contributed by atoms with Crippen LogP contribution in [0.3, 0.4) is 0 Å². The van der Waals surface area contributed by atoms with Gasteiger partial charge in [0, 0.05) is 6.04 Å². The van der Waals surface area contributed by atoms with Gasteiger partial charge in [-0.25, -0.2) is 8.42 Å². The van der Waals surface area contributed by atoms with Crippen LogP contribution in [0, 0.1) is 12.8 Å². The number of rotatable bonds is 4. The van der Waals surface area contributed by atoms with E-state index in [9.17, 15) is 8.42 Å². The lowest BCUT2D eigenvalue weighted by atomic mass is 9.95. The van der Waals surface area contributed by atoms with E-state index in [-0.39, 0.29) is 23.5 Å². The number of nitrogens with two attached hydrogens (primary N) is 1. The van der Waals surface area contributed by atoms with E-state index in [2.05, 4.69) is 0 Å². The molecule has 1 saturated heterocycles. The van der Waals surface area contributed by atoms with Crippen LogP contribution in [0.15, 0.2) is 24.3 Å². The van der Waals surface area contributed by atoms with Crippen LogP contribution in [-0.4, -0.2) is 32.6 Å². The Morgan fingerprint density at radius 1 is 1.26 bits per heavy atom. The molecule has 4 nitrogen and oxygen atoms in total. The first-order chi connectivity index (χ1) is 8.96. The fourth-order valence-corrected chi connectivity index (χ4v) is 3.83. The predicted octanol–water partition coefficient (Wildman–Crippen LogP) is 1.53. The third-order valence-electron chi connectivity index (χ3n) is 3.67. The van der Waals surface area contributed by atoms with Gasteiger partial charge < -0.3 is 10.5 Å². The average Bonchev–Trinajstić information content (AvgIpc) is 2.37. The maximum absolute atomic E-state index is 11.4. The molecule has 1 fully saturated rings. The Morgan fingerprint density at radius 2 is 1.84 bits per heavy atom. The molecule has 2 rings (SSSR count). The van der Waals surface area contributed by atoms with Crippen LogP contribution in [-0.2, 0) is 9.84 Å². The fourth-order valence-electron chi connectivity index (χ4n) is 2.30. The highest BCUT2D eigenvalue weighted by Gasteiger charge is 2.27. The first-order valence-corrected chi connectivity index (χ1v) is 8.44. The van der Waals surface area contributed by atoms with E-state index in [1.54, 1.807) is 0 Å². The second-order valence-corrected chi connectivity index (χ2v) is 7.58. The van der Waals surface area contributed by atoms with E-state index >= 15 is 0 Å². The topological polar surface area (TPSA) is 69.4 Å². The first-order valence-electron chi connectivity index (χ1n) is 6.62. The second kappa shape index (κ2) is 5.92. The summed E-state index contributed by atoms with van der Waals surface area (Å²) in [6, 6.07) is 7.74. The lowest BCUT2D eigenvalue weighted by Crippen LogP contribution is -2.40. The molecule has 0 aromatic heterocycles. The van der Waals surface area contributed by atoms with Gasteiger partial charge >= 0.3 is 0 Å². The van der Waals surface area contributed by atoms with Crippen molar-refractivity contribution < 1.29 is 13.2 Å². The molecular formula is C14H21NO3S. The summed E-state index contributed by atoms with van der Waals surface area (Å²) in [5, 5.41) is 0. The van der Waals surface area contributed by atoms with Crippen LogP contribution < -0.4 is 10.5 Å². The number of hydrogen-bond donors (Lipinski definition) is 1. The Labute approximate surface area is 114 Å². The molecule has 0 bridgehead atoms. The van der Waals surface area contributed by atoms with E-state index in [1.165, 1.54) is 5.56 Å². The van der Waals surface area contributed by atoms with Gasteiger partial charge in [0.15, 0.2) is 0 Å². The molecule has 2 N–H and O–H groups in total. The Morgan fingerprint density at radius 3 is 2.42 bits per heavy atom. The molecule has 106 valence electrons. The normalized spacial score (nSPS) is 20.9. The lowest BCUT2D eigenvalue weighted by Gasteiger charge is -2.27. The maximum atomic E-state index is 11.4. The highest BCUT2D eigenvalue weighted by molar-refractivity contribution is 7.91. The van der Waals surface area contributed by atoms with Crippen molar-refractivity contribution in [2.75, 3.05) is 18.1 Å². The van der Waals surface area contributed by atoms with Gasteiger partial charge in [-0.3, -0.25) is 0 Å². The zero-order valence-electron chi connectivity index (χ0n) is 11.2. The molecule has 1 aliphatic heterocycles. The fraction of sp³-hybridized carbons (Fsp3) is 0.571. The van der Waals surface area contributed by atoms with Gasteiger partial charge in [-0.2, -0.15) is 0 Å². The summed E-state index contributed by atoms with van der Waals surface area (Å²) in [6.45, 7) is 2.46. The van der Waals surface area contributed by atoms with Crippen LogP contribution in [0.25, 0.3) is 0 Å². The molecule has 5 heteroatoms. The first kappa shape index (κ1) is 14.3. The highest BCUT2D eigenvalue weighted by Crippen LogP contribution is 2.22. The van der Waals surface area contributed by atoms with Gasteiger partial charge in [-0.1, -0.05) is 17.7 Å². The van der Waals surface area contributed by atoms with Crippen LogP contribution in [0.5, 0.6) is 5.75 Å². The number of sulfone groups is 1. The van der Waals surface area contributed by atoms with Crippen molar-refractivity contribution in [2.24, 2.45) is 11.7 Å². The minimum atomic E-state index is -2.82.